The maximum Gasteiger partial charge on any atom is 0.262 e. The van der Waals surface area contributed by atoms with E-state index in [1.165, 1.54) is 0 Å². The summed E-state index contributed by atoms with van der Waals surface area (Å²) >= 11 is 0. The monoisotopic (exact) mass is 323 g/mol. The van der Waals surface area contributed by atoms with Crippen molar-refractivity contribution in [3.8, 4) is 0 Å². The van der Waals surface area contributed by atoms with Gasteiger partial charge in [0, 0.05) is 18.4 Å². The molecule has 0 bridgehead atoms. The zero-order valence-corrected chi connectivity index (χ0v) is 13.1. The minimum absolute atomic E-state index is 0.0114. The molecule has 1 fully saturated rings. The van der Waals surface area contributed by atoms with Crippen LogP contribution in [0.4, 0.5) is 0 Å². The fourth-order valence-corrected chi connectivity index (χ4v) is 3.55. The fourth-order valence-electron chi connectivity index (χ4n) is 3.55. The summed E-state index contributed by atoms with van der Waals surface area (Å²) in [4.78, 5) is 43.5. The third-order valence-corrected chi connectivity index (χ3v) is 4.73. The number of rotatable bonds is 3. The second kappa shape index (κ2) is 5.63. The number of nitrogens with zero attached hydrogens (tertiary/aromatic N) is 2. The lowest BCUT2D eigenvalue weighted by molar-refractivity contribution is -0.132. The Balaban J connectivity index is 1.53. The van der Waals surface area contributed by atoms with Crippen LogP contribution in [0.3, 0.4) is 0 Å². The topological polar surface area (TPSA) is 73.5 Å². The number of benzene rings is 1. The molecule has 2 aliphatic rings. The van der Waals surface area contributed by atoms with Gasteiger partial charge in [0.1, 0.15) is 6.54 Å². The van der Waals surface area contributed by atoms with Crippen LogP contribution in [0.1, 0.15) is 45.3 Å². The molecule has 6 nitrogen and oxygen atoms in total. The molecule has 3 heterocycles. The number of aromatic nitrogens is 1. The van der Waals surface area contributed by atoms with E-state index in [4.69, 9.17) is 0 Å². The highest BCUT2D eigenvalue weighted by Gasteiger charge is 2.39. The standard InChI is InChI=1S/C18H17N3O3/c22-16(20-10-4-8-15(20)14-7-3-9-19-14)11-21-17(23)12-5-1-2-6-13(12)18(21)24/h1-3,5-7,9,15,19H,4,8,10-11H2. The summed E-state index contributed by atoms with van der Waals surface area (Å²) in [6.07, 6.45) is 3.63. The maximum atomic E-state index is 12.7. The Hall–Kier alpha value is -2.89. The van der Waals surface area contributed by atoms with Gasteiger partial charge >= 0.3 is 0 Å². The first-order chi connectivity index (χ1) is 11.7. The van der Waals surface area contributed by atoms with Crippen LogP contribution in [0.2, 0.25) is 0 Å². The molecular formula is C18H17N3O3. The number of likely N-dealkylation sites (tertiary alicyclic amines) is 1. The Morgan fingerprint density at radius 3 is 2.42 bits per heavy atom. The van der Waals surface area contributed by atoms with Crippen molar-refractivity contribution < 1.29 is 14.4 Å². The number of hydrogen-bond acceptors (Lipinski definition) is 3. The first kappa shape index (κ1) is 14.7. The van der Waals surface area contributed by atoms with E-state index in [1.54, 1.807) is 29.2 Å². The molecule has 0 aliphatic carbocycles. The summed E-state index contributed by atoms with van der Waals surface area (Å²) in [5.74, 6) is -0.972. The van der Waals surface area contributed by atoms with E-state index in [-0.39, 0.29) is 30.3 Å². The number of amides is 3. The highest BCUT2D eigenvalue weighted by molar-refractivity contribution is 6.22. The lowest BCUT2D eigenvalue weighted by Gasteiger charge is -2.26. The number of H-pyrrole nitrogens is 1. The van der Waals surface area contributed by atoms with Crippen molar-refractivity contribution in [1.29, 1.82) is 0 Å². The average molecular weight is 323 g/mol. The van der Waals surface area contributed by atoms with Gasteiger partial charge in [0.25, 0.3) is 11.8 Å². The summed E-state index contributed by atoms with van der Waals surface area (Å²) < 4.78 is 0. The van der Waals surface area contributed by atoms with Crippen molar-refractivity contribution in [2.75, 3.05) is 13.1 Å². The summed E-state index contributed by atoms with van der Waals surface area (Å²) in [7, 11) is 0. The molecule has 4 rings (SSSR count). The molecular weight excluding hydrogens is 306 g/mol. The van der Waals surface area contributed by atoms with Gasteiger partial charge in [0.05, 0.1) is 17.2 Å². The predicted octanol–water partition coefficient (Wildman–Crippen LogP) is 1.97. The van der Waals surface area contributed by atoms with Crippen molar-refractivity contribution in [3.63, 3.8) is 0 Å². The van der Waals surface area contributed by atoms with Crippen LogP contribution in [0.15, 0.2) is 42.6 Å². The van der Waals surface area contributed by atoms with Gasteiger partial charge in [-0.05, 0) is 37.1 Å². The quantitative estimate of drug-likeness (QED) is 0.878. The number of hydrogen-bond donors (Lipinski definition) is 1. The number of fused-ring (bicyclic) bond motifs is 1. The van der Waals surface area contributed by atoms with Crippen molar-refractivity contribution in [3.05, 3.63) is 59.4 Å². The zero-order chi connectivity index (χ0) is 16.7. The number of imide groups is 1. The minimum atomic E-state index is -0.389. The fraction of sp³-hybridized carbons (Fsp3) is 0.278. The van der Waals surface area contributed by atoms with E-state index in [0.717, 1.165) is 23.4 Å². The molecule has 0 spiro atoms. The van der Waals surface area contributed by atoms with Crippen LogP contribution >= 0.6 is 0 Å². The molecule has 1 N–H and O–H groups in total. The highest BCUT2D eigenvalue weighted by Crippen LogP contribution is 2.31. The number of aromatic amines is 1. The first-order valence-electron chi connectivity index (χ1n) is 8.05. The van der Waals surface area contributed by atoms with Gasteiger partial charge in [-0.2, -0.15) is 0 Å². The normalized spacial score (nSPS) is 19.9. The summed E-state index contributed by atoms with van der Waals surface area (Å²) in [6, 6.07) is 10.5. The molecule has 1 saturated heterocycles. The zero-order valence-electron chi connectivity index (χ0n) is 13.1. The van der Waals surface area contributed by atoms with Gasteiger partial charge in [0.15, 0.2) is 0 Å². The Morgan fingerprint density at radius 1 is 1.08 bits per heavy atom. The van der Waals surface area contributed by atoms with Gasteiger partial charge in [-0.25, -0.2) is 0 Å². The van der Waals surface area contributed by atoms with Gasteiger partial charge in [-0.1, -0.05) is 12.1 Å². The van der Waals surface area contributed by atoms with Crippen molar-refractivity contribution in [2.45, 2.75) is 18.9 Å². The number of carbonyl (C=O) groups is 3. The first-order valence-corrected chi connectivity index (χ1v) is 8.05. The molecule has 0 radical (unpaired) electrons. The van der Waals surface area contributed by atoms with E-state index in [0.29, 0.717) is 17.7 Å². The van der Waals surface area contributed by atoms with Gasteiger partial charge in [-0.15, -0.1) is 0 Å². The number of carbonyl (C=O) groups excluding carboxylic acids is 3. The second-order valence-corrected chi connectivity index (χ2v) is 6.11. The van der Waals surface area contributed by atoms with Crippen LogP contribution in [-0.2, 0) is 4.79 Å². The minimum Gasteiger partial charge on any atom is -0.363 e. The van der Waals surface area contributed by atoms with Gasteiger partial charge in [-0.3, -0.25) is 19.3 Å². The molecule has 3 amide bonds. The van der Waals surface area contributed by atoms with Crippen molar-refractivity contribution in [2.24, 2.45) is 0 Å². The Morgan fingerprint density at radius 2 is 1.79 bits per heavy atom. The molecule has 6 heteroatoms. The molecule has 1 unspecified atom stereocenters. The molecule has 122 valence electrons. The van der Waals surface area contributed by atoms with Crippen molar-refractivity contribution in [1.82, 2.24) is 14.8 Å². The second-order valence-electron chi connectivity index (χ2n) is 6.11. The van der Waals surface area contributed by atoms with E-state index in [1.807, 2.05) is 18.3 Å². The summed E-state index contributed by atoms with van der Waals surface area (Å²) in [6.45, 7) is 0.440. The van der Waals surface area contributed by atoms with E-state index < -0.39 is 0 Å². The van der Waals surface area contributed by atoms with E-state index >= 15 is 0 Å². The predicted molar refractivity (Wildman–Crippen MR) is 86.3 cm³/mol. The Labute approximate surface area is 139 Å². The largest absolute Gasteiger partial charge is 0.363 e. The maximum absolute atomic E-state index is 12.7. The third-order valence-electron chi connectivity index (χ3n) is 4.73. The summed E-state index contributed by atoms with van der Waals surface area (Å²) in [5.41, 5.74) is 1.73. The smallest absolute Gasteiger partial charge is 0.262 e. The van der Waals surface area contributed by atoms with Crippen molar-refractivity contribution >= 4 is 17.7 Å². The van der Waals surface area contributed by atoms with Crippen LogP contribution in [-0.4, -0.2) is 45.6 Å². The lowest BCUT2D eigenvalue weighted by Crippen LogP contribution is -2.42. The molecule has 2 aliphatic heterocycles. The van der Waals surface area contributed by atoms with Gasteiger partial charge in [0.2, 0.25) is 5.91 Å². The SMILES string of the molecule is O=C1c2ccccc2C(=O)N1CC(=O)N1CCCC1c1ccc[nH]1. The molecule has 1 aromatic heterocycles. The molecule has 24 heavy (non-hydrogen) atoms. The molecule has 0 saturated carbocycles. The number of nitrogens with one attached hydrogen (secondary N) is 1. The van der Waals surface area contributed by atoms with Gasteiger partial charge < -0.3 is 9.88 Å². The molecule has 1 atom stereocenters. The molecule has 2 aromatic rings. The Kier molecular flexibility index (Phi) is 3.45. The Bertz CT molecular complexity index is 778. The van der Waals surface area contributed by atoms with E-state index in [9.17, 15) is 14.4 Å². The van der Waals surface area contributed by atoms with Crippen LogP contribution in [0, 0.1) is 0 Å². The van der Waals surface area contributed by atoms with E-state index in [2.05, 4.69) is 4.98 Å². The average Bonchev–Trinajstić information content (AvgIpc) is 3.31. The van der Waals surface area contributed by atoms with Crippen LogP contribution < -0.4 is 0 Å². The third kappa shape index (κ3) is 2.22. The summed E-state index contributed by atoms with van der Waals surface area (Å²) in [5, 5.41) is 0. The highest BCUT2D eigenvalue weighted by atomic mass is 16.2. The van der Waals surface area contributed by atoms with Crippen LogP contribution in [0.5, 0.6) is 0 Å². The lowest BCUT2D eigenvalue weighted by atomic mass is 10.1. The molecule has 1 aromatic carbocycles. The van der Waals surface area contributed by atoms with Crippen LogP contribution in [0.25, 0.3) is 0 Å².